The molecule has 1 atom stereocenters. The van der Waals surface area contributed by atoms with Gasteiger partial charge < -0.3 is 14.6 Å². The summed E-state index contributed by atoms with van der Waals surface area (Å²) in [4.78, 5) is 2.27. The van der Waals surface area contributed by atoms with Gasteiger partial charge in [0, 0.05) is 25.2 Å². The van der Waals surface area contributed by atoms with Crippen molar-refractivity contribution in [2.75, 3.05) is 26.8 Å². The first-order valence-corrected chi connectivity index (χ1v) is 8.47. The van der Waals surface area contributed by atoms with Gasteiger partial charge in [-0.2, -0.15) is 0 Å². The summed E-state index contributed by atoms with van der Waals surface area (Å²) in [5.41, 5.74) is 1.96. The molecule has 24 heavy (non-hydrogen) atoms. The van der Waals surface area contributed by atoms with Crippen molar-refractivity contribution < 1.29 is 14.6 Å². The van der Waals surface area contributed by atoms with Gasteiger partial charge in [-0.25, -0.2) is 0 Å². The molecule has 128 valence electrons. The van der Waals surface area contributed by atoms with Crippen LogP contribution in [0.1, 0.15) is 17.2 Å². The number of phenols is 1. The lowest BCUT2D eigenvalue weighted by atomic mass is 10.1. The summed E-state index contributed by atoms with van der Waals surface area (Å²) in [5.74, 6) is 1.01. The van der Waals surface area contributed by atoms with Crippen LogP contribution in [0.25, 0.3) is 0 Å². The first kappa shape index (κ1) is 17.4. The first-order chi connectivity index (χ1) is 11.6. The zero-order valence-electron chi connectivity index (χ0n) is 13.3. The second kappa shape index (κ2) is 7.62. The Bertz CT molecular complexity index is 723. The Morgan fingerprint density at radius 1 is 1.21 bits per heavy atom. The van der Waals surface area contributed by atoms with Crippen LogP contribution in [-0.2, 0) is 11.3 Å². The van der Waals surface area contributed by atoms with Crippen LogP contribution in [0.5, 0.6) is 11.5 Å². The van der Waals surface area contributed by atoms with E-state index in [0.29, 0.717) is 23.2 Å². The summed E-state index contributed by atoms with van der Waals surface area (Å²) in [6.45, 7) is 2.86. The van der Waals surface area contributed by atoms with Gasteiger partial charge in [-0.1, -0.05) is 29.3 Å². The van der Waals surface area contributed by atoms with Crippen LogP contribution in [0, 0.1) is 0 Å². The number of hydrogen-bond donors (Lipinski definition) is 1. The maximum Gasteiger partial charge on any atom is 0.123 e. The Labute approximate surface area is 151 Å². The molecule has 0 aliphatic carbocycles. The molecule has 0 aromatic heterocycles. The standard InChI is InChI=1S/C18H19Cl2NO3/c1-23-17-5-3-14(22)8-13(17)10-21-6-7-24-18(11-21)12-2-4-15(19)16(20)9-12/h2-5,8-9,18,22H,6-7,10-11H2,1H3/t18-/m1/s1. The highest BCUT2D eigenvalue weighted by molar-refractivity contribution is 6.42. The number of rotatable bonds is 4. The molecule has 2 aromatic rings. The zero-order valence-corrected chi connectivity index (χ0v) is 14.8. The topological polar surface area (TPSA) is 41.9 Å². The van der Waals surface area contributed by atoms with E-state index in [-0.39, 0.29) is 11.9 Å². The predicted octanol–water partition coefficient (Wildman–Crippen LogP) is 4.28. The molecular formula is C18H19Cl2NO3. The Morgan fingerprint density at radius 2 is 2.04 bits per heavy atom. The summed E-state index contributed by atoms with van der Waals surface area (Å²) in [5, 5.41) is 10.8. The second-order valence-electron chi connectivity index (χ2n) is 5.76. The van der Waals surface area contributed by atoms with Crippen LogP contribution in [0.15, 0.2) is 36.4 Å². The number of phenolic OH excluding ortho intramolecular Hbond substituents is 1. The fourth-order valence-electron chi connectivity index (χ4n) is 2.89. The molecule has 0 amide bonds. The normalized spacial score (nSPS) is 18.5. The quantitative estimate of drug-likeness (QED) is 0.875. The van der Waals surface area contributed by atoms with Gasteiger partial charge in [-0.15, -0.1) is 0 Å². The van der Waals surface area contributed by atoms with Gasteiger partial charge in [0.2, 0.25) is 0 Å². The Hall–Kier alpha value is -1.46. The fraction of sp³-hybridized carbons (Fsp3) is 0.333. The van der Waals surface area contributed by atoms with Crippen molar-refractivity contribution in [2.24, 2.45) is 0 Å². The molecule has 0 unspecified atom stereocenters. The van der Waals surface area contributed by atoms with E-state index in [9.17, 15) is 5.11 Å². The summed E-state index contributed by atoms with van der Waals surface area (Å²) >= 11 is 12.1. The molecule has 6 heteroatoms. The van der Waals surface area contributed by atoms with Crippen molar-refractivity contribution in [1.82, 2.24) is 4.90 Å². The van der Waals surface area contributed by atoms with Gasteiger partial charge in [0.1, 0.15) is 11.5 Å². The van der Waals surface area contributed by atoms with E-state index in [1.54, 1.807) is 31.4 Å². The predicted molar refractivity (Wildman–Crippen MR) is 95.1 cm³/mol. The van der Waals surface area contributed by atoms with E-state index >= 15 is 0 Å². The summed E-state index contributed by atoms with van der Waals surface area (Å²) < 4.78 is 11.3. The van der Waals surface area contributed by atoms with Crippen molar-refractivity contribution in [3.05, 3.63) is 57.6 Å². The molecule has 1 saturated heterocycles. The molecule has 0 bridgehead atoms. The lowest BCUT2D eigenvalue weighted by molar-refractivity contribution is -0.0331. The fourth-order valence-corrected chi connectivity index (χ4v) is 3.20. The monoisotopic (exact) mass is 367 g/mol. The summed E-state index contributed by atoms with van der Waals surface area (Å²) in [6, 6.07) is 10.7. The molecule has 1 heterocycles. The highest BCUT2D eigenvalue weighted by Gasteiger charge is 2.23. The summed E-state index contributed by atoms with van der Waals surface area (Å²) in [7, 11) is 1.63. The third kappa shape index (κ3) is 3.95. The minimum Gasteiger partial charge on any atom is -0.508 e. The van der Waals surface area contributed by atoms with Crippen molar-refractivity contribution in [2.45, 2.75) is 12.6 Å². The van der Waals surface area contributed by atoms with Crippen LogP contribution in [0.3, 0.4) is 0 Å². The van der Waals surface area contributed by atoms with Crippen LogP contribution < -0.4 is 4.74 Å². The van der Waals surface area contributed by atoms with Gasteiger partial charge in [0.05, 0.1) is 29.9 Å². The van der Waals surface area contributed by atoms with Crippen molar-refractivity contribution in [1.29, 1.82) is 0 Å². The number of ether oxygens (including phenoxy) is 2. The zero-order chi connectivity index (χ0) is 17.1. The van der Waals surface area contributed by atoms with Crippen LogP contribution in [-0.4, -0.2) is 36.8 Å². The van der Waals surface area contributed by atoms with Gasteiger partial charge in [0.15, 0.2) is 0 Å². The van der Waals surface area contributed by atoms with Gasteiger partial charge in [-0.3, -0.25) is 4.90 Å². The lowest BCUT2D eigenvalue weighted by Crippen LogP contribution is -2.37. The Kier molecular flexibility index (Phi) is 5.51. The number of aromatic hydroxyl groups is 1. The molecule has 1 N–H and O–H groups in total. The molecule has 2 aromatic carbocycles. The smallest absolute Gasteiger partial charge is 0.123 e. The maximum absolute atomic E-state index is 9.72. The largest absolute Gasteiger partial charge is 0.508 e. The molecule has 1 fully saturated rings. The van der Waals surface area contributed by atoms with Crippen molar-refractivity contribution >= 4 is 23.2 Å². The molecule has 0 spiro atoms. The van der Waals surface area contributed by atoms with E-state index in [4.69, 9.17) is 32.7 Å². The van der Waals surface area contributed by atoms with Crippen LogP contribution in [0.2, 0.25) is 10.0 Å². The summed E-state index contributed by atoms with van der Waals surface area (Å²) in [6.07, 6.45) is -0.0585. The Balaban J connectivity index is 1.74. The van der Waals surface area contributed by atoms with Crippen molar-refractivity contribution in [3.63, 3.8) is 0 Å². The van der Waals surface area contributed by atoms with Gasteiger partial charge in [0.25, 0.3) is 0 Å². The molecule has 1 aliphatic heterocycles. The van der Waals surface area contributed by atoms with E-state index in [1.807, 2.05) is 12.1 Å². The maximum atomic E-state index is 9.72. The van der Waals surface area contributed by atoms with Crippen molar-refractivity contribution in [3.8, 4) is 11.5 Å². The third-order valence-corrected chi connectivity index (χ3v) is 4.86. The number of halogens is 2. The molecule has 0 radical (unpaired) electrons. The van der Waals surface area contributed by atoms with E-state index in [2.05, 4.69) is 4.90 Å². The number of morpholine rings is 1. The van der Waals surface area contributed by atoms with E-state index < -0.39 is 0 Å². The highest BCUT2D eigenvalue weighted by atomic mass is 35.5. The van der Waals surface area contributed by atoms with E-state index in [1.165, 1.54) is 0 Å². The highest BCUT2D eigenvalue weighted by Crippen LogP contribution is 2.31. The molecule has 4 nitrogen and oxygen atoms in total. The molecule has 3 rings (SSSR count). The average Bonchev–Trinajstić information content (AvgIpc) is 2.58. The van der Waals surface area contributed by atoms with Crippen LogP contribution >= 0.6 is 23.2 Å². The van der Waals surface area contributed by atoms with Gasteiger partial charge in [-0.05, 0) is 35.9 Å². The second-order valence-corrected chi connectivity index (χ2v) is 6.58. The molecular weight excluding hydrogens is 349 g/mol. The number of hydrogen-bond acceptors (Lipinski definition) is 4. The average molecular weight is 368 g/mol. The number of benzene rings is 2. The minimum atomic E-state index is -0.0585. The lowest BCUT2D eigenvalue weighted by Gasteiger charge is -2.33. The molecule has 0 saturated carbocycles. The van der Waals surface area contributed by atoms with Gasteiger partial charge >= 0.3 is 0 Å². The SMILES string of the molecule is COc1ccc(O)cc1CN1CCO[C@@H](c2ccc(Cl)c(Cl)c2)C1. The van der Waals surface area contributed by atoms with Crippen LogP contribution in [0.4, 0.5) is 0 Å². The minimum absolute atomic E-state index is 0.0585. The first-order valence-electron chi connectivity index (χ1n) is 7.71. The van der Waals surface area contributed by atoms with E-state index in [0.717, 1.165) is 30.0 Å². The number of nitrogens with zero attached hydrogens (tertiary/aromatic N) is 1. The Morgan fingerprint density at radius 3 is 2.79 bits per heavy atom. The molecule has 1 aliphatic rings. The number of methoxy groups -OCH3 is 1. The third-order valence-electron chi connectivity index (χ3n) is 4.12.